The molecule has 10 heavy (non-hydrogen) atoms. The van der Waals surface area contributed by atoms with Crippen molar-refractivity contribution in [2.75, 3.05) is 24.6 Å². The first-order valence-electron chi connectivity index (χ1n) is 4.20. The molecule has 2 aliphatic rings. The fraction of sp³-hybridized carbons (Fsp3) is 1.00. The molecule has 58 valence electrons. The monoisotopic (exact) mass is 157 g/mol. The van der Waals surface area contributed by atoms with Crippen molar-refractivity contribution in [3.05, 3.63) is 0 Å². The Morgan fingerprint density at radius 2 is 2.30 bits per heavy atom. The molecule has 0 bridgehead atoms. The first-order chi connectivity index (χ1) is 4.91. The van der Waals surface area contributed by atoms with Gasteiger partial charge in [-0.05, 0) is 37.0 Å². The number of hydrogen-bond donors (Lipinski definition) is 1. The van der Waals surface area contributed by atoms with Gasteiger partial charge >= 0.3 is 0 Å². The molecular formula is C8H15NS. The predicted molar refractivity (Wildman–Crippen MR) is 46.5 cm³/mol. The van der Waals surface area contributed by atoms with Crippen LogP contribution in [0.1, 0.15) is 19.3 Å². The fourth-order valence-corrected chi connectivity index (χ4v) is 3.56. The Bertz CT molecular complexity index is 110. The second-order valence-electron chi connectivity index (χ2n) is 3.58. The van der Waals surface area contributed by atoms with E-state index >= 15 is 0 Å². The molecule has 0 aromatic heterocycles. The van der Waals surface area contributed by atoms with Crippen molar-refractivity contribution >= 4 is 11.8 Å². The number of rotatable bonds is 0. The van der Waals surface area contributed by atoms with Gasteiger partial charge in [-0.2, -0.15) is 11.8 Å². The van der Waals surface area contributed by atoms with Crippen LogP contribution in [0.2, 0.25) is 0 Å². The molecule has 1 N–H and O–H groups in total. The van der Waals surface area contributed by atoms with Crippen molar-refractivity contribution in [1.29, 1.82) is 0 Å². The van der Waals surface area contributed by atoms with Crippen molar-refractivity contribution in [1.82, 2.24) is 5.32 Å². The second-order valence-corrected chi connectivity index (χ2v) is 4.69. The van der Waals surface area contributed by atoms with Crippen LogP contribution in [0.5, 0.6) is 0 Å². The maximum absolute atomic E-state index is 3.50. The molecule has 0 aromatic rings. The number of nitrogens with one attached hydrogen (secondary N) is 1. The topological polar surface area (TPSA) is 12.0 Å². The van der Waals surface area contributed by atoms with Gasteiger partial charge in [-0.1, -0.05) is 0 Å². The molecule has 1 atom stereocenters. The Balaban J connectivity index is 1.98. The molecule has 0 saturated carbocycles. The Labute approximate surface area is 67.0 Å². The van der Waals surface area contributed by atoms with Gasteiger partial charge in [0, 0.05) is 12.3 Å². The van der Waals surface area contributed by atoms with Crippen LogP contribution in [0.25, 0.3) is 0 Å². The minimum atomic E-state index is 0.725. The van der Waals surface area contributed by atoms with Crippen molar-refractivity contribution in [2.24, 2.45) is 5.41 Å². The van der Waals surface area contributed by atoms with E-state index in [9.17, 15) is 0 Å². The molecule has 2 heteroatoms. The quantitative estimate of drug-likeness (QED) is 0.572. The van der Waals surface area contributed by atoms with Crippen molar-refractivity contribution in [3.63, 3.8) is 0 Å². The zero-order valence-corrected chi connectivity index (χ0v) is 7.17. The van der Waals surface area contributed by atoms with Crippen molar-refractivity contribution < 1.29 is 0 Å². The lowest BCUT2D eigenvalue weighted by Gasteiger charge is -2.32. The molecule has 0 amide bonds. The van der Waals surface area contributed by atoms with Gasteiger partial charge in [0.2, 0.25) is 0 Å². The molecule has 0 aromatic carbocycles. The van der Waals surface area contributed by atoms with Crippen molar-refractivity contribution in [3.8, 4) is 0 Å². The van der Waals surface area contributed by atoms with Crippen LogP contribution >= 0.6 is 11.8 Å². The summed E-state index contributed by atoms with van der Waals surface area (Å²) in [5, 5.41) is 3.50. The summed E-state index contributed by atoms with van der Waals surface area (Å²) in [6.45, 7) is 2.55. The highest BCUT2D eigenvalue weighted by molar-refractivity contribution is 7.99. The van der Waals surface area contributed by atoms with Crippen molar-refractivity contribution in [2.45, 2.75) is 19.3 Å². The van der Waals surface area contributed by atoms with Gasteiger partial charge in [-0.15, -0.1) is 0 Å². The van der Waals surface area contributed by atoms with Gasteiger partial charge in [-0.25, -0.2) is 0 Å². The van der Waals surface area contributed by atoms with E-state index in [1.807, 2.05) is 0 Å². The molecule has 2 heterocycles. The van der Waals surface area contributed by atoms with E-state index in [0.717, 1.165) is 5.41 Å². The smallest absolute Gasteiger partial charge is 0.00160 e. The summed E-state index contributed by atoms with van der Waals surface area (Å²) in [7, 11) is 0. The molecule has 0 radical (unpaired) electrons. The third-order valence-electron chi connectivity index (χ3n) is 2.75. The summed E-state index contributed by atoms with van der Waals surface area (Å²) >= 11 is 2.14. The van der Waals surface area contributed by atoms with Crippen LogP contribution in [0.3, 0.4) is 0 Å². The molecule has 2 aliphatic heterocycles. The minimum absolute atomic E-state index is 0.725. The molecule has 1 nitrogen and oxygen atoms in total. The highest BCUT2D eigenvalue weighted by Gasteiger charge is 2.35. The number of hydrogen-bond acceptors (Lipinski definition) is 2. The molecule has 0 unspecified atom stereocenters. The summed E-state index contributed by atoms with van der Waals surface area (Å²) < 4.78 is 0. The molecular weight excluding hydrogens is 142 g/mol. The summed E-state index contributed by atoms with van der Waals surface area (Å²) in [6, 6.07) is 0. The SMILES string of the molecule is C1CNC[C@@]2(C1)CCSC2. The molecule has 1 spiro atoms. The summed E-state index contributed by atoms with van der Waals surface area (Å²) in [4.78, 5) is 0. The zero-order chi connectivity index (χ0) is 6.86. The van der Waals surface area contributed by atoms with Gasteiger partial charge in [0.05, 0.1) is 0 Å². The zero-order valence-electron chi connectivity index (χ0n) is 6.36. The number of thioether (sulfide) groups is 1. The van der Waals surface area contributed by atoms with Gasteiger partial charge in [0.1, 0.15) is 0 Å². The third-order valence-corrected chi connectivity index (χ3v) is 4.05. The first-order valence-corrected chi connectivity index (χ1v) is 5.35. The lowest BCUT2D eigenvalue weighted by Crippen LogP contribution is -2.39. The minimum Gasteiger partial charge on any atom is -0.316 e. The van der Waals surface area contributed by atoms with Gasteiger partial charge in [0.15, 0.2) is 0 Å². The van der Waals surface area contributed by atoms with E-state index in [-0.39, 0.29) is 0 Å². The Morgan fingerprint density at radius 3 is 2.90 bits per heavy atom. The van der Waals surface area contributed by atoms with Gasteiger partial charge in [-0.3, -0.25) is 0 Å². The summed E-state index contributed by atoms with van der Waals surface area (Å²) in [6.07, 6.45) is 4.35. The average Bonchev–Trinajstić information content (AvgIpc) is 2.39. The van der Waals surface area contributed by atoms with E-state index < -0.39 is 0 Å². The fourth-order valence-electron chi connectivity index (χ4n) is 2.02. The lowest BCUT2D eigenvalue weighted by molar-refractivity contribution is 0.245. The van der Waals surface area contributed by atoms with E-state index in [1.165, 1.54) is 43.9 Å². The van der Waals surface area contributed by atoms with Crippen LogP contribution < -0.4 is 5.32 Å². The Kier molecular flexibility index (Phi) is 1.92. The van der Waals surface area contributed by atoms with E-state index in [1.54, 1.807) is 0 Å². The van der Waals surface area contributed by atoms with E-state index in [4.69, 9.17) is 0 Å². The van der Waals surface area contributed by atoms with Crippen LogP contribution in [-0.2, 0) is 0 Å². The van der Waals surface area contributed by atoms with Crippen LogP contribution in [0.4, 0.5) is 0 Å². The molecule has 2 rings (SSSR count). The average molecular weight is 157 g/mol. The van der Waals surface area contributed by atoms with Crippen LogP contribution in [0, 0.1) is 5.41 Å². The standard InChI is InChI=1S/C8H15NS/c1-2-8(6-9-4-1)3-5-10-7-8/h9H,1-7H2/t8-/m1/s1. The number of piperidine rings is 1. The van der Waals surface area contributed by atoms with Crippen LogP contribution in [-0.4, -0.2) is 24.6 Å². The maximum atomic E-state index is 3.50. The first kappa shape index (κ1) is 6.99. The van der Waals surface area contributed by atoms with Gasteiger partial charge < -0.3 is 5.32 Å². The summed E-state index contributed by atoms with van der Waals surface area (Å²) in [5.41, 5.74) is 0.725. The maximum Gasteiger partial charge on any atom is 0.00160 e. The highest BCUT2D eigenvalue weighted by atomic mass is 32.2. The van der Waals surface area contributed by atoms with Gasteiger partial charge in [0.25, 0.3) is 0 Å². The highest BCUT2D eigenvalue weighted by Crippen LogP contribution is 2.40. The lowest BCUT2D eigenvalue weighted by atomic mass is 9.80. The largest absolute Gasteiger partial charge is 0.316 e. The molecule has 2 fully saturated rings. The molecule has 0 aliphatic carbocycles. The normalized spacial score (nSPS) is 40.8. The van der Waals surface area contributed by atoms with E-state index in [2.05, 4.69) is 17.1 Å². The summed E-state index contributed by atoms with van der Waals surface area (Å²) in [5.74, 6) is 2.82. The third kappa shape index (κ3) is 1.19. The Morgan fingerprint density at radius 1 is 1.30 bits per heavy atom. The second kappa shape index (κ2) is 2.74. The van der Waals surface area contributed by atoms with E-state index in [0.29, 0.717) is 0 Å². The van der Waals surface area contributed by atoms with Crippen LogP contribution in [0.15, 0.2) is 0 Å². The Hall–Kier alpha value is 0.310. The molecule has 2 saturated heterocycles. The predicted octanol–water partition coefficient (Wildman–Crippen LogP) is 1.49.